The molecule has 0 aromatic heterocycles. The van der Waals surface area contributed by atoms with Gasteiger partial charge in [-0.3, -0.25) is 0 Å². The van der Waals surface area contributed by atoms with Crippen molar-refractivity contribution in [1.82, 2.24) is 0 Å². The van der Waals surface area contributed by atoms with Gasteiger partial charge in [0, 0.05) is 0 Å². The van der Waals surface area contributed by atoms with Gasteiger partial charge in [-0.15, -0.1) is 0 Å². The van der Waals surface area contributed by atoms with Crippen molar-refractivity contribution in [3.63, 3.8) is 0 Å². The zero-order chi connectivity index (χ0) is 4.50. The first-order valence-electron chi connectivity index (χ1n) is 0.894. The van der Waals surface area contributed by atoms with E-state index in [0.29, 0.717) is 0 Å². The molecule has 0 fully saturated rings. The maximum atomic E-state index is 7.33. The summed E-state index contributed by atoms with van der Waals surface area (Å²) in [5.74, 6) is 0. The van der Waals surface area contributed by atoms with E-state index in [4.69, 9.17) is 19.2 Å². The molecule has 0 rings (SSSR count). The Balaban J connectivity index is -0.0000000267. The van der Waals surface area contributed by atoms with Crippen LogP contribution >= 0.6 is 0 Å². The molecule has 0 bridgehead atoms. The Kier molecular flexibility index (Phi) is 23.5. The standard InChI is InChI=1S/Ca.H4O4Si.2H2O/c;1-5(2,3)4;;/h;1-4H;2*1H2/q+2;;;/p-2. The van der Waals surface area contributed by atoms with Crippen molar-refractivity contribution in [3.8, 4) is 0 Å². The fraction of sp³-hybridized carbons (Fsp3) is 0. The Hall–Kier alpha value is 1.24. The molecular weight excluding hydrogens is 164 g/mol. The second-order valence-corrected chi connectivity index (χ2v) is 1.80. The van der Waals surface area contributed by atoms with Gasteiger partial charge in [0.05, 0.1) is 0 Å². The normalized spacial score (nSPS) is 7.50. The molecule has 6 nitrogen and oxygen atoms in total. The van der Waals surface area contributed by atoms with E-state index in [1.54, 1.807) is 0 Å². The SMILES string of the molecule is O[Si](O)(O)O.[Ca+2].[OH-].[OH-]. The predicted molar refractivity (Wildman–Crippen MR) is 24.3 cm³/mol. The fourth-order valence-electron chi connectivity index (χ4n) is 0. The molecule has 0 aliphatic rings. The predicted octanol–water partition coefficient (Wildman–Crippen LogP) is -3.34. The summed E-state index contributed by atoms with van der Waals surface area (Å²) in [6.45, 7) is 0. The van der Waals surface area contributed by atoms with Gasteiger partial charge < -0.3 is 30.1 Å². The molecule has 0 aliphatic carbocycles. The molecule has 6 N–H and O–H groups in total. The second kappa shape index (κ2) is 8.24. The zero-order valence-electron chi connectivity index (χ0n) is 3.89. The first-order chi connectivity index (χ1) is 2.00. The smallest absolute Gasteiger partial charge is 0.870 e. The molecule has 0 heterocycles. The maximum Gasteiger partial charge on any atom is 2.00 e. The Bertz CT molecular complexity index is 24.0. The van der Waals surface area contributed by atoms with E-state index in [1.165, 1.54) is 0 Å². The third-order valence-corrected chi connectivity index (χ3v) is 0. The van der Waals surface area contributed by atoms with Crippen LogP contribution < -0.4 is 0 Å². The van der Waals surface area contributed by atoms with E-state index in [0.717, 1.165) is 0 Å². The van der Waals surface area contributed by atoms with Crippen LogP contribution in [0.15, 0.2) is 0 Å². The molecule has 0 spiro atoms. The average Bonchev–Trinajstić information content (AvgIpc) is 0.722. The van der Waals surface area contributed by atoms with E-state index in [9.17, 15) is 0 Å². The van der Waals surface area contributed by atoms with E-state index in [2.05, 4.69) is 0 Å². The van der Waals surface area contributed by atoms with Gasteiger partial charge in [0.1, 0.15) is 0 Å². The summed E-state index contributed by atoms with van der Waals surface area (Å²) in [6, 6.07) is 0. The van der Waals surface area contributed by atoms with Crippen LogP contribution in [0.25, 0.3) is 0 Å². The molecule has 0 aliphatic heterocycles. The molecule has 0 saturated carbocycles. The Morgan fingerprint density at radius 2 is 0.750 bits per heavy atom. The van der Waals surface area contributed by atoms with Crippen LogP contribution in [0.2, 0.25) is 0 Å². The maximum absolute atomic E-state index is 7.33. The Morgan fingerprint density at radius 1 is 0.750 bits per heavy atom. The number of hydrogen-bond donors (Lipinski definition) is 4. The van der Waals surface area contributed by atoms with Crippen molar-refractivity contribution in [2.75, 3.05) is 0 Å². The molecule has 0 saturated heterocycles. The minimum atomic E-state index is -4.61. The van der Waals surface area contributed by atoms with E-state index in [1.807, 2.05) is 0 Å². The molecule has 8 heteroatoms. The quantitative estimate of drug-likeness (QED) is 0.280. The summed E-state index contributed by atoms with van der Waals surface area (Å²) in [5, 5.41) is 0. The minimum Gasteiger partial charge on any atom is -0.870 e. The summed E-state index contributed by atoms with van der Waals surface area (Å²) in [5.41, 5.74) is 0. The minimum absolute atomic E-state index is 0. The van der Waals surface area contributed by atoms with Crippen LogP contribution in [-0.4, -0.2) is 76.9 Å². The van der Waals surface area contributed by atoms with Gasteiger partial charge in [0.25, 0.3) is 0 Å². The van der Waals surface area contributed by atoms with Gasteiger partial charge in [-0.05, 0) is 0 Å². The fourth-order valence-corrected chi connectivity index (χ4v) is 0. The largest absolute Gasteiger partial charge is 2.00 e. The molecule has 0 radical (unpaired) electrons. The Labute approximate surface area is 76.5 Å². The first kappa shape index (κ1) is 22.9. The monoisotopic (exact) mass is 170 g/mol. The van der Waals surface area contributed by atoms with Gasteiger partial charge in [0.15, 0.2) is 0 Å². The summed E-state index contributed by atoms with van der Waals surface area (Å²) in [4.78, 5) is 29.3. The van der Waals surface area contributed by atoms with E-state index >= 15 is 0 Å². The summed E-state index contributed by atoms with van der Waals surface area (Å²) < 4.78 is 0. The van der Waals surface area contributed by atoms with Gasteiger partial charge in [0.2, 0.25) is 0 Å². The molecule has 0 unspecified atom stereocenters. The van der Waals surface area contributed by atoms with Crippen molar-refractivity contribution < 1.29 is 30.1 Å². The van der Waals surface area contributed by atoms with Crippen molar-refractivity contribution in [3.05, 3.63) is 0 Å². The zero-order valence-corrected chi connectivity index (χ0v) is 7.10. The summed E-state index contributed by atoms with van der Waals surface area (Å²) in [7, 11) is -4.61. The van der Waals surface area contributed by atoms with Crippen LogP contribution in [0.1, 0.15) is 0 Å². The van der Waals surface area contributed by atoms with Crippen LogP contribution in [0, 0.1) is 0 Å². The van der Waals surface area contributed by atoms with Gasteiger partial charge >= 0.3 is 46.8 Å². The third-order valence-electron chi connectivity index (χ3n) is 0. The van der Waals surface area contributed by atoms with Gasteiger partial charge in [-0.2, -0.15) is 0 Å². The van der Waals surface area contributed by atoms with Crippen LogP contribution in [0.4, 0.5) is 0 Å². The van der Waals surface area contributed by atoms with Gasteiger partial charge in [-0.25, -0.2) is 0 Å². The Morgan fingerprint density at radius 3 is 0.750 bits per heavy atom. The molecule has 0 aromatic rings. The third kappa shape index (κ3) is 184. The number of rotatable bonds is 0. The topological polar surface area (TPSA) is 141 Å². The van der Waals surface area contributed by atoms with E-state index in [-0.39, 0.29) is 48.7 Å². The van der Waals surface area contributed by atoms with Crippen molar-refractivity contribution in [2.45, 2.75) is 0 Å². The molecule has 0 atom stereocenters. The van der Waals surface area contributed by atoms with Crippen molar-refractivity contribution in [2.24, 2.45) is 0 Å². The van der Waals surface area contributed by atoms with Crippen LogP contribution in [0.5, 0.6) is 0 Å². The van der Waals surface area contributed by atoms with Crippen molar-refractivity contribution in [1.29, 1.82) is 0 Å². The van der Waals surface area contributed by atoms with Gasteiger partial charge in [-0.1, -0.05) is 0 Å². The molecule has 48 valence electrons. The second-order valence-electron chi connectivity index (χ2n) is 0.600. The molecule has 0 amide bonds. The number of hydrogen-bond acceptors (Lipinski definition) is 6. The first-order valence-corrected chi connectivity index (χ1v) is 2.68. The molecule has 8 heavy (non-hydrogen) atoms. The van der Waals surface area contributed by atoms with E-state index < -0.39 is 9.05 Å². The van der Waals surface area contributed by atoms with Crippen molar-refractivity contribution >= 4 is 46.8 Å². The summed E-state index contributed by atoms with van der Waals surface area (Å²) >= 11 is 0. The average molecular weight is 170 g/mol. The summed E-state index contributed by atoms with van der Waals surface area (Å²) in [6.07, 6.45) is 0. The van der Waals surface area contributed by atoms with Crippen LogP contribution in [-0.2, 0) is 0 Å². The molecule has 0 aromatic carbocycles. The van der Waals surface area contributed by atoms with Crippen LogP contribution in [0.3, 0.4) is 0 Å². The molecular formula is H6CaO6Si.